The standard InChI is InChI=1S/C27H34N4O4/c1-35-21-9-7-20(8-10-21)31-26(33)22(28-27(31)34)15-24(32)30-12-4-5-17-13-18-14-19(25(17)30)16-29-11-3-2-6-23(18)29/h7-10,13,18-19,22-23,25H,2-6,11-12,14-16H2,1H3,(H,28,34)/t18-,19-,22+,23-,25-/m0/s1. The molecule has 8 heteroatoms. The Bertz CT molecular complexity index is 1050. The number of fused-ring (bicyclic) bond motifs is 6. The second kappa shape index (κ2) is 8.97. The van der Waals surface area contributed by atoms with Crippen LogP contribution in [0.1, 0.15) is 44.9 Å². The van der Waals surface area contributed by atoms with E-state index in [0.717, 1.165) is 37.3 Å². The zero-order valence-electron chi connectivity index (χ0n) is 20.3. The lowest BCUT2D eigenvalue weighted by Gasteiger charge is -2.54. The molecule has 1 aliphatic carbocycles. The Labute approximate surface area is 206 Å². The van der Waals surface area contributed by atoms with E-state index in [4.69, 9.17) is 4.74 Å². The Morgan fingerprint density at radius 1 is 1.11 bits per heavy atom. The van der Waals surface area contributed by atoms with Crippen molar-refractivity contribution in [1.82, 2.24) is 15.1 Å². The topological polar surface area (TPSA) is 82.2 Å². The number of amides is 4. The van der Waals surface area contributed by atoms with Gasteiger partial charge < -0.3 is 15.0 Å². The molecule has 35 heavy (non-hydrogen) atoms. The number of methoxy groups -OCH3 is 1. The number of ether oxygens (including phenoxy) is 1. The second-order valence-corrected chi connectivity index (χ2v) is 10.7. The van der Waals surface area contributed by atoms with Gasteiger partial charge in [0.05, 0.1) is 25.3 Å². The van der Waals surface area contributed by atoms with Crippen LogP contribution in [0.3, 0.4) is 0 Å². The van der Waals surface area contributed by atoms with Gasteiger partial charge in [-0.05, 0) is 74.8 Å². The Balaban J connectivity index is 1.17. The van der Waals surface area contributed by atoms with E-state index in [2.05, 4.69) is 16.3 Å². The van der Waals surface area contributed by atoms with Crippen LogP contribution in [0, 0.1) is 11.8 Å². The number of hydrogen-bond donors (Lipinski definition) is 1. The van der Waals surface area contributed by atoms with Crippen LogP contribution in [-0.4, -0.2) is 72.5 Å². The summed E-state index contributed by atoms with van der Waals surface area (Å²) in [6.07, 6.45) is 9.58. The zero-order valence-corrected chi connectivity index (χ0v) is 20.3. The molecule has 4 aliphatic heterocycles. The van der Waals surface area contributed by atoms with E-state index in [1.807, 2.05) is 4.90 Å². The number of imide groups is 1. The number of carbonyl (C=O) groups excluding carboxylic acids is 3. The third-order valence-corrected chi connectivity index (χ3v) is 8.71. The van der Waals surface area contributed by atoms with Crippen molar-refractivity contribution in [3.8, 4) is 5.75 Å². The van der Waals surface area contributed by atoms with E-state index in [-0.39, 0.29) is 24.3 Å². The molecule has 2 bridgehead atoms. The number of likely N-dealkylation sites (tertiary alicyclic amines) is 1. The Hall–Kier alpha value is -2.87. The Morgan fingerprint density at radius 3 is 2.74 bits per heavy atom. The van der Waals surface area contributed by atoms with Gasteiger partial charge in [-0.1, -0.05) is 18.1 Å². The van der Waals surface area contributed by atoms with E-state index in [1.54, 1.807) is 31.4 Å². The lowest BCUT2D eigenvalue weighted by molar-refractivity contribution is -0.138. The van der Waals surface area contributed by atoms with Gasteiger partial charge in [-0.2, -0.15) is 0 Å². The largest absolute Gasteiger partial charge is 0.497 e. The molecule has 4 saturated heterocycles. The fourth-order valence-electron chi connectivity index (χ4n) is 7.19. The van der Waals surface area contributed by atoms with Crippen molar-refractivity contribution in [1.29, 1.82) is 0 Å². The highest BCUT2D eigenvalue weighted by Crippen LogP contribution is 2.45. The van der Waals surface area contributed by atoms with Gasteiger partial charge in [-0.15, -0.1) is 0 Å². The van der Waals surface area contributed by atoms with Crippen LogP contribution in [0.25, 0.3) is 0 Å². The average Bonchev–Trinajstić information content (AvgIpc) is 3.16. The minimum absolute atomic E-state index is 0.00347. The number of piperidine rings is 3. The number of nitrogens with zero attached hydrogens (tertiary/aromatic N) is 3. The molecule has 4 heterocycles. The van der Waals surface area contributed by atoms with Crippen molar-refractivity contribution in [2.24, 2.45) is 11.8 Å². The summed E-state index contributed by atoms with van der Waals surface area (Å²) < 4.78 is 5.17. The normalized spacial score (nSPS) is 32.5. The first kappa shape index (κ1) is 22.6. The van der Waals surface area contributed by atoms with Crippen LogP contribution in [0.2, 0.25) is 0 Å². The quantitative estimate of drug-likeness (QED) is 0.532. The maximum absolute atomic E-state index is 13.6. The lowest BCUT2D eigenvalue weighted by Crippen LogP contribution is -2.60. The van der Waals surface area contributed by atoms with Gasteiger partial charge in [0.15, 0.2) is 0 Å². The van der Waals surface area contributed by atoms with Crippen molar-refractivity contribution in [3.05, 3.63) is 35.9 Å². The molecule has 1 aromatic carbocycles. The monoisotopic (exact) mass is 478 g/mol. The first-order valence-corrected chi connectivity index (χ1v) is 13.1. The van der Waals surface area contributed by atoms with Gasteiger partial charge in [0.2, 0.25) is 5.91 Å². The van der Waals surface area contributed by atoms with Crippen molar-refractivity contribution in [2.45, 2.75) is 63.1 Å². The fraction of sp³-hybridized carbons (Fsp3) is 0.593. The maximum atomic E-state index is 13.6. The lowest BCUT2D eigenvalue weighted by atomic mass is 9.68. The highest BCUT2D eigenvalue weighted by Gasteiger charge is 2.48. The number of urea groups is 1. The van der Waals surface area contributed by atoms with Gasteiger partial charge in [0, 0.05) is 19.1 Å². The van der Waals surface area contributed by atoms with E-state index in [0.29, 0.717) is 29.3 Å². The van der Waals surface area contributed by atoms with Gasteiger partial charge in [-0.25, -0.2) is 9.69 Å². The molecule has 5 aliphatic rings. The summed E-state index contributed by atoms with van der Waals surface area (Å²) in [7, 11) is 1.57. The van der Waals surface area contributed by atoms with Crippen molar-refractivity contribution in [2.75, 3.05) is 31.6 Å². The smallest absolute Gasteiger partial charge is 0.329 e. The minimum atomic E-state index is -0.833. The third-order valence-electron chi connectivity index (χ3n) is 8.71. The Kier molecular flexibility index (Phi) is 5.79. The number of benzene rings is 1. The maximum Gasteiger partial charge on any atom is 0.329 e. The van der Waals surface area contributed by atoms with E-state index in [9.17, 15) is 14.4 Å². The zero-order chi connectivity index (χ0) is 24.1. The predicted molar refractivity (Wildman–Crippen MR) is 131 cm³/mol. The summed E-state index contributed by atoms with van der Waals surface area (Å²) in [5.41, 5.74) is 1.90. The second-order valence-electron chi connectivity index (χ2n) is 10.7. The summed E-state index contributed by atoms with van der Waals surface area (Å²) in [4.78, 5) is 45.2. The van der Waals surface area contributed by atoms with Crippen molar-refractivity contribution in [3.63, 3.8) is 0 Å². The molecule has 4 amide bonds. The number of rotatable bonds is 4. The summed E-state index contributed by atoms with van der Waals surface area (Å²) in [6.45, 7) is 2.96. The molecule has 0 aromatic heterocycles. The molecule has 5 atom stereocenters. The molecule has 0 radical (unpaired) electrons. The molecule has 0 unspecified atom stereocenters. The van der Waals surface area contributed by atoms with Gasteiger partial charge in [-0.3, -0.25) is 14.5 Å². The molecule has 1 aromatic rings. The average molecular weight is 479 g/mol. The number of nitrogens with one attached hydrogen (secondary N) is 1. The molecule has 4 fully saturated rings. The summed E-state index contributed by atoms with van der Waals surface area (Å²) in [5.74, 6) is 1.32. The van der Waals surface area contributed by atoms with Crippen molar-refractivity contribution < 1.29 is 19.1 Å². The third kappa shape index (κ3) is 3.92. The molecule has 0 spiro atoms. The first-order valence-electron chi connectivity index (χ1n) is 13.1. The highest BCUT2D eigenvalue weighted by atomic mass is 16.5. The van der Waals surface area contributed by atoms with E-state index < -0.39 is 12.1 Å². The molecular formula is C27H34N4O4. The first-order chi connectivity index (χ1) is 17.0. The van der Waals surface area contributed by atoms with Gasteiger partial charge in [0.25, 0.3) is 5.91 Å². The van der Waals surface area contributed by atoms with Crippen LogP contribution in [-0.2, 0) is 9.59 Å². The molecule has 1 N–H and O–H groups in total. The Morgan fingerprint density at radius 2 is 1.94 bits per heavy atom. The molecule has 6 rings (SSSR count). The minimum Gasteiger partial charge on any atom is -0.497 e. The van der Waals surface area contributed by atoms with E-state index in [1.165, 1.54) is 31.4 Å². The molecule has 186 valence electrons. The number of carbonyl (C=O) groups is 3. The van der Waals surface area contributed by atoms with Gasteiger partial charge in [0.1, 0.15) is 11.8 Å². The van der Waals surface area contributed by atoms with Crippen LogP contribution >= 0.6 is 0 Å². The fourth-order valence-corrected chi connectivity index (χ4v) is 7.19. The summed E-state index contributed by atoms with van der Waals surface area (Å²) in [5, 5.41) is 2.74. The number of hydrogen-bond acceptors (Lipinski definition) is 5. The SMILES string of the molecule is COc1ccc(N2C(=O)N[C@H](CC(=O)N3CCCC4=C[C@H]5C[C@@H](CN6CCCC[C@@H]56)[C@H]43)C2=O)cc1. The summed E-state index contributed by atoms with van der Waals surface area (Å²) in [6, 6.07) is 6.28. The predicted octanol–water partition coefficient (Wildman–Crippen LogP) is 2.93. The van der Waals surface area contributed by atoms with Gasteiger partial charge >= 0.3 is 6.03 Å². The molecular weight excluding hydrogens is 444 g/mol. The van der Waals surface area contributed by atoms with Crippen LogP contribution in [0.5, 0.6) is 5.75 Å². The number of anilines is 1. The van der Waals surface area contributed by atoms with Crippen LogP contribution < -0.4 is 15.0 Å². The molecule has 8 nitrogen and oxygen atoms in total. The highest BCUT2D eigenvalue weighted by molar-refractivity contribution is 6.22. The molecule has 0 saturated carbocycles. The van der Waals surface area contributed by atoms with Crippen LogP contribution in [0.15, 0.2) is 35.9 Å². The van der Waals surface area contributed by atoms with Crippen LogP contribution in [0.4, 0.5) is 10.5 Å². The summed E-state index contributed by atoms with van der Waals surface area (Å²) >= 11 is 0. The van der Waals surface area contributed by atoms with E-state index >= 15 is 0 Å². The van der Waals surface area contributed by atoms with Crippen molar-refractivity contribution >= 4 is 23.5 Å².